The van der Waals surface area contributed by atoms with Gasteiger partial charge in [-0.2, -0.15) is 0 Å². The number of hydrogen-bond acceptors (Lipinski definition) is 7. The first kappa shape index (κ1) is 22.4. The molecule has 2 saturated heterocycles. The molecule has 7 nitrogen and oxygen atoms in total. The quantitative estimate of drug-likeness (QED) is 0.570. The average Bonchev–Trinajstić information content (AvgIpc) is 2.89. The Morgan fingerprint density at radius 1 is 0.912 bits per heavy atom. The number of aromatic nitrogens is 2. The molecule has 0 bridgehead atoms. The summed E-state index contributed by atoms with van der Waals surface area (Å²) in [7, 11) is 1.71. The second kappa shape index (κ2) is 9.85. The Bertz CT molecular complexity index is 1120. The molecule has 1 unspecified atom stereocenters. The standard InChI is InChI=1S/C26H30FN5O2/c1-19-18-34-16-15-32(19)25-17-24(28-26(29-25)20-7-9-21(27)10-8-20)31-13-11-30(12-14-31)22-5-3-4-6-23(22)33-2/h3-10,17,19H,11-16,18H2,1-2H3. The molecule has 2 aliphatic heterocycles. The number of halogens is 1. The number of methoxy groups -OCH3 is 1. The van der Waals surface area contributed by atoms with Gasteiger partial charge in [-0.15, -0.1) is 0 Å². The highest BCUT2D eigenvalue weighted by Gasteiger charge is 2.25. The van der Waals surface area contributed by atoms with E-state index >= 15 is 0 Å². The normalized spacial score (nSPS) is 18.8. The molecule has 5 rings (SSSR count). The summed E-state index contributed by atoms with van der Waals surface area (Å²) in [6.45, 7) is 7.65. The van der Waals surface area contributed by atoms with Gasteiger partial charge in [0.25, 0.3) is 0 Å². The number of nitrogens with zero attached hydrogens (tertiary/aromatic N) is 5. The lowest BCUT2D eigenvalue weighted by Crippen LogP contribution is -2.47. The number of anilines is 3. The first-order valence-corrected chi connectivity index (χ1v) is 11.7. The largest absolute Gasteiger partial charge is 0.495 e. The molecule has 8 heteroatoms. The fraction of sp³-hybridized carbons (Fsp3) is 0.385. The van der Waals surface area contributed by atoms with Gasteiger partial charge in [0, 0.05) is 44.4 Å². The van der Waals surface area contributed by atoms with E-state index in [1.165, 1.54) is 12.1 Å². The maximum absolute atomic E-state index is 13.5. The Morgan fingerprint density at radius 3 is 2.35 bits per heavy atom. The third-order valence-electron chi connectivity index (χ3n) is 6.49. The molecule has 34 heavy (non-hydrogen) atoms. The lowest BCUT2D eigenvalue weighted by atomic mass is 10.2. The van der Waals surface area contributed by atoms with Crippen LogP contribution in [0.1, 0.15) is 6.92 Å². The van der Waals surface area contributed by atoms with Gasteiger partial charge in [0.2, 0.25) is 0 Å². The molecular weight excluding hydrogens is 433 g/mol. The predicted octanol–water partition coefficient (Wildman–Crippen LogP) is 3.84. The molecule has 0 N–H and O–H groups in total. The van der Waals surface area contributed by atoms with Gasteiger partial charge in [0.15, 0.2) is 5.82 Å². The minimum Gasteiger partial charge on any atom is -0.495 e. The van der Waals surface area contributed by atoms with Crippen molar-refractivity contribution in [2.45, 2.75) is 13.0 Å². The van der Waals surface area contributed by atoms with Crippen LogP contribution in [0.15, 0.2) is 54.6 Å². The Labute approximate surface area is 199 Å². The fourth-order valence-corrected chi connectivity index (χ4v) is 4.59. The van der Waals surface area contributed by atoms with E-state index in [1.807, 2.05) is 18.2 Å². The van der Waals surface area contributed by atoms with Gasteiger partial charge >= 0.3 is 0 Å². The second-order valence-electron chi connectivity index (χ2n) is 8.68. The number of para-hydroxylation sites is 2. The molecule has 0 amide bonds. The zero-order chi connectivity index (χ0) is 23.5. The summed E-state index contributed by atoms with van der Waals surface area (Å²) in [4.78, 5) is 16.7. The Balaban J connectivity index is 1.43. The van der Waals surface area contributed by atoms with Gasteiger partial charge in [-0.25, -0.2) is 14.4 Å². The van der Waals surface area contributed by atoms with E-state index in [1.54, 1.807) is 19.2 Å². The molecule has 2 aliphatic rings. The van der Waals surface area contributed by atoms with Crippen LogP contribution < -0.4 is 19.4 Å². The van der Waals surface area contributed by atoms with E-state index < -0.39 is 0 Å². The van der Waals surface area contributed by atoms with Gasteiger partial charge in [0.1, 0.15) is 23.2 Å². The average molecular weight is 464 g/mol. The van der Waals surface area contributed by atoms with Gasteiger partial charge < -0.3 is 24.2 Å². The molecular formula is C26H30FN5O2. The summed E-state index contributed by atoms with van der Waals surface area (Å²) >= 11 is 0. The molecule has 0 aliphatic carbocycles. The van der Waals surface area contributed by atoms with Crippen molar-refractivity contribution in [2.75, 3.05) is 67.7 Å². The number of rotatable bonds is 5. The van der Waals surface area contributed by atoms with Crippen molar-refractivity contribution in [3.05, 3.63) is 60.4 Å². The van der Waals surface area contributed by atoms with Crippen LogP contribution in [0.4, 0.5) is 21.7 Å². The molecule has 0 saturated carbocycles. The SMILES string of the molecule is COc1ccccc1N1CCN(c2cc(N3CCOCC3C)nc(-c3ccc(F)cc3)n2)CC1. The van der Waals surface area contributed by atoms with Crippen molar-refractivity contribution in [1.29, 1.82) is 0 Å². The van der Waals surface area contributed by atoms with Crippen LogP contribution in [-0.4, -0.2) is 69.1 Å². The third-order valence-corrected chi connectivity index (χ3v) is 6.49. The molecule has 3 heterocycles. The summed E-state index contributed by atoms with van der Waals surface area (Å²) in [5.41, 5.74) is 1.92. The van der Waals surface area contributed by atoms with Crippen LogP contribution in [0.25, 0.3) is 11.4 Å². The highest BCUT2D eigenvalue weighted by atomic mass is 19.1. The lowest BCUT2D eigenvalue weighted by Gasteiger charge is -2.38. The van der Waals surface area contributed by atoms with Crippen LogP contribution in [0, 0.1) is 5.82 Å². The molecule has 2 fully saturated rings. The molecule has 1 aromatic heterocycles. The van der Waals surface area contributed by atoms with Crippen molar-refractivity contribution >= 4 is 17.3 Å². The molecule has 3 aromatic rings. The number of ether oxygens (including phenoxy) is 2. The van der Waals surface area contributed by atoms with Crippen LogP contribution >= 0.6 is 0 Å². The zero-order valence-electron chi connectivity index (χ0n) is 19.7. The first-order chi connectivity index (χ1) is 16.6. The Hall–Kier alpha value is -3.39. The number of morpholine rings is 1. The highest BCUT2D eigenvalue weighted by Crippen LogP contribution is 2.31. The minimum atomic E-state index is -0.269. The third kappa shape index (κ3) is 4.63. The fourth-order valence-electron chi connectivity index (χ4n) is 4.59. The zero-order valence-corrected chi connectivity index (χ0v) is 19.7. The van der Waals surface area contributed by atoms with E-state index in [4.69, 9.17) is 19.4 Å². The van der Waals surface area contributed by atoms with E-state index in [-0.39, 0.29) is 11.9 Å². The van der Waals surface area contributed by atoms with E-state index in [0.29, 0.717) is 19.0 Å². The minimum absolute atomic E-state index is 0.222. The predicted molar refractivity (Wildman–Crippen MR) is 132 cm³/mol. The molecule has 0 spiro atoms. The van der Waals surface area contributed by atoms with E-state index in [9.17, 15) is 4.39 Å². The van der Waals surface area contributed by atoms with Crippen LogP contribution in [0.2, 0.25) is 0 Å². The van der Waals surface area contributed by atoms with E-state index in [0.717, 1.165) is 61.4 Å². The number of benzene rings is 2. The van der Waals surface area contributed by atoms with Gasteiger partial charge in [-0.3, -0.25) is 0 Å². The summed E-state index contributed by atoms with van der Waals surface area (Å²) in [6, 6.07) is 16.8. The smallest absolute Gasteiger partial charge is 0.163 e. The van der Waals surface area contributed by atoms with Gasteiger partial charge in [0.05, 0.1) is 32.1 Å². The van der Waals surface area contributed by atoms with E-state index in [2.05, 4.69) is 33.8 Å². The van der Waals surface area contributed by atoms with Crippen LogP contribution in [0.5, 0.6) is 5.75 Å². The van der Waals surface area contributed by atoms with Crippen molar-refractivity contribution in [1.82, 2.24) is 9.97 Å². The highest BCUT2D eigenvalue weighted by molar-refractivity contribution is 5.64. The van der Waals surface area contributed by atoms with Crippen molar-refractivity contribution in [3.8, 4) is 17.1 Å². The molecule has 0 radical (unpaired) electrons. The molecule has 178 valence electrons. The van der Waals surface area contributed by atoms with Crippen LogP contribution in [-0.2, 0) is 4.74 Å². The molecule has 2 aromatic carbocycles. The lowest BCUT2D eigenvalue weighted by molar-refractivity contribution is 0.0985. The summed E-state index contributed by atoms with van der Waals surface area (Å²) < 4.78 is 24.7. The summed E-state index contributed by atoms with van der Waals surface area (Å²) in [5, 5.41) is 0. The van der Waals surface area contributed by atoms with Crippen LogP contribution in [0.3, 0.4) is 0 Å². The Kier molecular flexibility index (Phi) is 6.49. The van der Waals surface area contributed by atoms with Gasteiger partial charge in [-0.1, -0.05) is 12.1 Å². The maximum atomic E-state index is 13.5. The first-order valence-electron chi connectivity index (χ1n) is 11.7. The monoisotopic (exact) mass is 463 g/mol. The second-order valence-corrected chi connectivity index (χ2v) is 8.68. The van der Waals surface area contributed by atoms with Gasteiger partial charge in [-0.05, 0) is 43.3 Å². The van der Waals surface area contributed by atoms with Crippen molar-refractivity contribution in [3.63, 3.8) is 0 Å². The van der Waals surface area contributed by atoms with Crippen molar-refractivity contribution < 1.29 is 13.9 Å². The maximum Gasteiger partial charge on any atom is 0.163 e. The Morgan fingerprint density at radius 2 is 1.62 bits per heavy atom. The summed E-state index contributed by atoms with van der Waals surface area (Å²) in [6.07, 6.45) is 0. The van der Waals surface area contributed by atoms with Crippen molar-refractivity contribution in [2.24, 2.45) is 0 Å². The topological polar surface area (TPSA) is 54.0 Å². The summed E-state index contributed by atoms with van der Waals surface area (Å²) in [5.74, 6) is 3.00. The molecule has 1 atom stereocenters. The number of hydrogen-bond donors (Lipinski definition) is 0. The number of piperazine rings is 1.